The van der Waals surface area contributed by atoms with Crippen LogP contribution in [0.4, 0.5) is 5.69 Å². The molecular weight excluding hydrogens is 296 g/mol. The number of hydrogen-bond donors (Lipinski definition) is 2. The van der Waals surface area contributed by atoms with Crippen LogP contribution in [0.2, 0.25) is 0 Å². The molecule has 1 aliphatic heterocycles. The molecule has 0 saturated carbocycles. The third-order valence-corrected chi connectivity index (χ3v) is 6.31. The Bertz CT molecular complexity index is 548. The van der Waals surface area contributed by atoms with Gasteiger partial charge in [-0.3, -0.25) is 0 Å². The minimum Gasteiger partial charge on any atom is -0.399 e. The lowest BCUT2D eigenvalue weighted by Crippen LogP contribution is -2.43. The number of hydrogen-bond acceptors (Lipinski definition) is 5. The van der Waals surface area contributed by atoms with Crippen molar-refractivity contribution < 1.29 is 13.5 Å². The Hall–Kier alpha value is -0.760. The smallest absolute Gasteiger partial charge is 0.215 e. The van der Waals surface area contributed by atoms with E-state index in [2.05, 4.69) is 0 Å². The summed E-state index contributed by atoms with van der Waals surface area (Å²) in [6, 6.07) is 7.41. The molecule has 5 nitrogen and oxygen atoms in total. The van der Waals surface area contributed by atoms with Crippen LogP contribution in [0.1, 0.15) is 12.8 Å². The molecule has 1 heterocycles. The Labute approximate surface area is 124 Å². The van der Waals surface area contributed by atoms with Crippen LogP contribution in [0.5, 0.6) is 0 Å². The number of aliphatic hydroxyl groups excluding tert-OH is 1. The van der Waals surface area contributed by atoms with Gasteiger partial charge in [-0.2, -0.15) is 4.31 Å². The molecule has 1 saturated heterocycles. The first-order valence-corrected chi connectivity index (χ1v) is 9.21. The van der Waals surface area contributed by atoms with E-state index in [1.165, 1.54) is 16.1 Å². The third-order valence-electron chi connectivity index (χ3n) is 3.22. The van der Waals surface area contributed by atoms with E-state index >= 15 is 0 Å². The van der Waals surface area contributed by atoms with Crippen LogP contribution in [0, 0.1) is 0 Å². The van der Waals surface area contributed by atoms with Crippen LogP contribution in [-0.4, -0.2) is 48.5 Å². The van der Waals surface area contributed by atoms with Gasteiger partial charge < -0.3 is 10.8 Å². The van der Waals surface area contributed by atoms with E-state index in [1.54, 1.807) is 6.07 Å². The minimum atomic E-state index is -3.28. The zero-order valence-corrected chi connectivity index (χ0v) is 12.9. The zero-order valence-electron chi connectivity index (χ0n) is 11.2. The van der Waals surface area contributed by atoms with Crippen LogP contribution >= 0.6 is 11.8 Å². The lowest BCUT2D eigenvalue weighted by Gasteiger charge is -2.29. The number of thioether (sulfide) groups is 1. The van der Waals surface area contributed by atoms with E-state index < -0.39 is 16.1 Å². The summed E-state index contributed by atoms with van der Waals surface area (Å²) < 4.78 is 25.7. The number of sulfonamides is 1. The first-order chi connectivity index (χ1) is 9.47. The fourth-order valence-electron chi connectivity index (χ4n) is 2.17. The molecule has 0 aromatic heterocycles. The Morgan fingerprint density at radius 3 is 2.95 bits per heavy atom. The van der Waals surface area contributed by atoms with E-state index in [0.717, 1.165) is 11.3 Å². The number of nitrogens with zero attached hydrogens (tertiary/aromatic N) is 1. The average Bonchev–Trinajstić information content (AvgIpc) is 2.38. The average molecular weight is 316 g/mol. The molecule has 0 radical (unpaired) electrons. The van der Waals surface area contributed by atoms with Crippen molar-refractivity contribution >= 4 is 27.5 Å². The lowest BCUT2D eigenvalue weighted by atomic mass is 10.1. The van der Waals surface area contributed by atoms with Crippen molar-refractivity contribution in [3.63, 3.8) is 0 Å². The maximum Gasteiger partial charge on any atom is 0.215 e. The molecule has 112 valence electrons. The molecule has 1 aromatic rings. The SMILES string of the molecule is Nc1cccc(SCCS(=O)(=O)N2CCCC(O)C2)c1. The second kappa shape index (κ2) is 6.80. The number of rotatable bonds is 5. The predicted molar refractivity (Wildman–Crippen MR) is 82.2 cm³/mol. The maximum atomic E-state index is 12.2. The van der Waals surface area contributed by atoms with Crippen molar-refractivity contribution in [2.45, 2.75) is 23.8 Å². The van der Waals surface area contributed by atoms with Crippen LogP contribution in [0.3, 0.4) is 0 Å². The summed E-state index contributed by atoms with van der Waals surface area (Å²) in [6.45, 7) is 0.744. The number of β-amino-alcohol motifs (C(OH)–C–C–N with tert-alkyl or cyclic N) is 1. The van der Waals surface area contributed by atoms with Crippen molar-refractivity contribution in [3.8, 4) is 0 Å². The Balaban J connectivity index is 1.86. The monoisotopic (exact) mass is 316 g/mol. The Kier molecular flexibility index (Phi) is 5.31. The van der Waals surface area contributed by atoms with Gasteiger partial charge in [-0.15, -0.1) is 11.8 Å². The molecule has 1 unspecified atom stereocenters. The van der Waals surface area contributed by atoms with Crippen LogP contribution in [0.25, 0.3) is 0 Å². The number of piperidine rings is 1. The zero-order chi connectivity index (χ0) is 14.6. The molecule has 0 amide bonds. The van der Waals surface area contributed by atoms with Gasteiger partial charge in [0.1, 0.15) is 0 Å². The number of nitrogens with two attached hydrogens (primary N) is 1. The van der Waals surface area contributed by atoms with Crippen LogP contribution < -0.4 is 5.73 Å². The molecule has 1 atom stereocenters. The summed E-state index contributed by atoms with van der Waals surface area (Å²) in [5.41, 5.74) is 6.36. The van der Waals surface area contributed by atoms with E-state index in [9.17, 15) is 13.5 Å². The topological polar surface area (TPSA) is 83.6 Å². The minimum absolute atomic E-state index is 0.0825. The molecule has 1 aliphatic rings. The fourth-order valence-corrected chi connectivity index (χ4v) is 5.04. The first-order valence-electron chi connectivity index (χ1n) is 6.61. The summed E-state index contributed by atoms with van der Waals surface area (Å²) in [7, 11) is -3.28. The van der Waals surface area contributed by atoms with Crippen LogP contribution in [0.15, 0.2) is 29.2 Å². The fraction of sp³-hybridized carbons (Fsp3) is 0.538. The summed E-state index contributed by atoms with van der Waals surface area (Å²) in [5, 5.41) is 9.55. The molecule has 0 bridgehead atoms. The molecule has 7 heteroatoms. The standard InChI is InChI=1S/C13H20N2O3S2/c14-11-3-1-5-13(9-11)19-7-8-20(17,18)15-6-2-4-12(16)10-15/h1,3,5,9,12,16H,2,4,6-8,10,14H2. The van der Waals surface area contributed by atoms with E-state index in [1.807, 2.05) is 18.2 Å². The van der Waals surface area contributed by atoms with Gasteiger partial charge >= 0.3 is 0 Å². The van der Waals surface area contributed by atoms with Crippen molar-refractivity contribution in [1.82, 2.24) is 4.31 Å². The van der Waals surface area contributed by atoms with Crippen LogP contribution in [-0.2, 0) is 10.0 Å². The van der Waals surface area contributed by atoms with Gasteiger partial charge in [-0.05, 0) is 31.0 Å². The lowest BCUT2D eigenvalue weighted by molar-refractivity contribution is 0.108. The van der Waals surface area contributed by atoms with E-state index in [-0.39, 0.29) is 12.3 Å². The normalized spacial score (nSPS) is 20.9. The maximum absolute atomic E-state index is 12.2. The first kappa shape index (κ1) is 15.6. The summed E-state index contributed by atoms with van der Waals surface area (Å²) in [4.78, 5) is 0.971. The molecule has 0 spiro atoms. The van der Waals surface area contributed by atoms with Crippen molar-refractivity contribution in [2.75, 3.05) is 30.3 Å². The summed E-state index contributed by atoms with van der Waals surface area (Å²) >= 11 is 1.48. The van der Waals surface area contributed by atoms with Gasteiger partial charge in [0.25, 0.3) is 0 Å². The quantitative estimate of drug-likeness (QED) is 0.629. The van der Waals surface area contributed by atoms with Gasteiger partial charge in [0, 0.05) is 29.4 Å². The van der Waals surface area contributed by atoms with E-state index in [4.69, 9.17) is 5.73 Å². The molecule has 1 fully saturated rings. The van der Waals surface area contributed by atoms with Crippen molar-refractivity contribution in [1.29, 1.82) is 0 Å². The highest BCUT2D eigenvalue weighted by Crippen LogP contribution is 2.21. The molecule has 2 rings (SSSR count). The van der Waals surface area contributed by atoms with E-state index in [0.29, 0.717) is 24.4 Å². The molecular formula is C13H20N2O3S2. The highest BCUT2D eigenvalue weighted by Gasteiger charge is 2.27. The molecule has 20 heavy (non-hydrogen) atoms. The predicted octanol–water partition coefficient (Wildman–Crippen LogP) is 1.15. The second-order valence-corrected chi connectivity index (χ2v) is 8.15. The second-order valence-electron chi connectivity index (χ2n) is 4.89. The van der Waals surface area contributed by atoms with Gasteiger partial charge in [0.05, 0.1) is 11.9 Å². The molecule has 1 aromatic carbocycles. The Morgan fingerprint density at radius 1 is 1.45 bits per heavy atom. The van der Waals surface area contributed by atoms with Gasteiger partial charge in [0.15, 0.2) is 0 Å². The molecule has 3 N–H and O–H groups in total. The number of benzene rings is 1. The van der Waals surface area contributed by atoms with Gasteiger partial charge in [0.2, 0.25) is 10.0 Å². The van der Waals surface area contributed by atoms with Crippen molar-refractivity contribution in [3.05, 3.63) is 24.3 Å². The highest BCUT2D eigenvalue weighted by atomic mass is 32.2. The Morgan fingerprint density at radius 2 is 2.25 bits per heavy atom. The van der Waals surface area contributed by atoms with Gasteiger partial charge in [-0.1, -0.05) is 6.07 Å². The summed E-state index contributed by atoms with van der Waals surface area (Å²) in [5.74, 6) is 0.567. The highest BCUT2D eigenvalue weighted by molar-refractivity contribution is 8.00. The summed E-state index contributed by atoms with van der Waals surface area (Å²) in [6.07, 6.45) is 0.882. The molecule has 0 aliphatic carbocycles. The van der Waals surface area contributed by atoms with Crippen molar-refractivity contribution in [2.24, 2.45) is 0 Å². The number of aliphatic hydroxyl groups is 1. The third kappa shape index (κ3) is 4.37. The largest absolute Gasteiger partial charge is 0.399 e. The number of nitrogen functional groups attached to an aromatic ring is 1. The number of anilines is 1. The van der Waals surface area contributed by atoms with Gasteiger partial charge in [-0.25, -0.2) is 8.42 Å².